The molecule has 0 spiro atoms. The van der Waals surface area contributed by atoms with E-state index in [0.29, 0.717) is 23.7 Å². The summed E-state index contributed by atoms with van der Waals surface area (Å²) < 4.78 is 10.6. The second kappa shape index (κ2) is 6.80. The van der Waals surface area contributed by atoms with Gasteiger partial charge in [0.15, 0.2) is 6.10 Å². The highest BCUT2D eigenvalue weighted by molar-refractivity contribution is 5.91. The van der Waals surface area contributed by atoms with Gasteiger partial charge in [0, 0.05) is 5.39 Å². The first-order valence-corrected chi connectivity index (χ1v) is 9.16. The second-order valence-corrected chi connectivity index (χ2v) is 7.39. The first-order chi connectivity index (χ1) is 13.3. The lowest BCUT2D eigenvalue weighted by Gasteiger charge is -2.39. The van der Waals surface area contributed by atoms with Crippen LogP contribution in [0.3, 0.4) is 0 Å². The molecule has 0 unspecified atom stereocenters. The predicted molar refractivity (Wildman–Crippen MR) is 94.1 cm³/mol. The summed E-state index contributed by atoms with van der Waals surface area (Å²) in [5.74, 6) is -3.54. The minimum absolute atomic E-state index is 0.0170. The van der Waals surface area contributed by atoms with E-state index in [1.165, 1.54) is 0 Å². The molecule has 9 nitrogen and oxygen atoms in total. The van der Waals surface area contributed by atoms with Gasteiger partial charge in [0.05, 0.1) is 6.61 Å². The smallest absolute Gasteiger partial charge is 0.343 e. The summed E-state index contributed by atoms with van der Waals surface area (Å²) in [7, 11) is 0. The Kier molecular flexibility index (Phi) is 4.69. The molecule has 2 aliphatic rings. The molecule has 1 saturated heterocycles. The molecular formula is C19H22NO8-. The van der Waals surface area contributed by atoms with Crippen molar-refractivity contribution in [3.63, 3.8) is 0 Å². The van der Waals surface area contributed by atoms with Crippen LogP contribution < -0.4 is 9.72 Å². The molecule has 1 aromatic heterocycles. The minimum Gasteiger partial charge on any atom is -0.656 e. The number of carbonyl (C=O) groups is 1. The third-order valence-corrected chi connectivity index (χ3v) is 5.69. The third-order valence-electron chi connectivity index (χ3n) is 5.69. The normalized spacial score (nSPS) is 32.1. The maximum atomic E-state index is 12.7. The van der Waals surface area contributed by atoms with E-state index in [-0.39, 0.29) is 24.3 Å². The van der Waals surface area contributed by atoms with Gasteiger partial charge in [-0.05, 0) is 12.8 Å². The highest BCUT2D eigenvalue weighted by Crippen LogP contribution is 2.46. The van der Waals surface area contributed by atoms with Crippen LogP contribution in [-0.2, 0) is 16.1 Å². The van der Waals surface area contributed by atoms with Gasteiger partial charge in [0.1, 0.15) is 23.6 Å². The Morgan fingerprint density at radius 1 is 1.21 bits per heavy atom. The van der Waals surface area contributed by atoms with Crippen molar-refractivity contribution < 1.29 is 39.8 Å². The topological polar surface area (TPSA) is 151 Å². The van der Waals surface area contributed by atoms with E-state index in [1.807, 2.05) is 0 Å². The first kappa shape index (κ1) is 19.3. The van der Waals surface area contributed by atoms with Crippen LogP contribution in [0, 0.1) is 0 Å². The van der Waals surface area contributed by atoms with Crippen molar-refractivity contribution in [3.8, 4) is 5.75 Å². The highest BCUT2D eigenvalue weighted by atomic mass is 16.7. The van der Waals surface area contributed by atoms with Crippen LogP contribution in [0.1, 0.15) is 31.4 Å². The van der Waals surface area contributed by atoms with Gasteiger partial charge in [-0.15, -0.1) is 5.52 Å². The Bertz CT molecular complexity index is 889. The van der Waals surface area contributed by atoms with Gasteiger partial charge >= 0.3 is 5.97 Å². The summed E-state index contributed by atoms with van der Waals surface area (Å²) in [5, 5.41) is 52.0. The van der Waals surface area contributed by atoms with Gasteiger partial charge in [-0.25, -0.2) is 4.79 Å². The van der Waals surface area contributed by atoms with Crippen LogP contribution >= 0.6 is 0 Å². The molecular weight excluding hydrogens is 370 g/mol. The Morgan fingerprint density at radius 2 is 1.89 bits per heavy atom. The number of aliphatic hydroxyl groups excluding tert-OH is 3. The number of rotatable bonds is 4. The molecule has 4 atom stereocenters. The van der Waals surface area contributed by atoms with Crippen molar-refractivity contribution in [3.05, 3.63) is 30.0 Å². The van der Waals surface area contributed by atoms with Gasteiger partial charge in [-0.1, -0.05) is 42.8 Å². The number of aliphatic hydroxyl groups is 5. The molecule has 9 heteroatoms. The van der Waals surface area contributed by atoms with Gasteiger partial charge in [-0.2, -0.15) is 0 Å². The highest BCUT2D eigenvalue weighted by Gasteiger charge is 2.66. The molecule has 28 heavy (non-hydrogen) atoms. The standard InChI is InChI=1S/C19H22NO8/c21-9-12-14(10-5-1-2-6-11(10)20-12)27-17(24)15-13(22)16(23)19(26,28-15)18(25)7-3-4-8-18/h1-2,5-6,13,15-16,21-23,25-26H,3-4,7-9H2/q-1/t13-,15+,16+,19+/m0/s1. The van der Waals surface area contributed by atoms with Crippen molar-refractivity contribution >= 4 is 16.9 Å². The fraction of sp³-hybridized carbons (Fsp3) is 0.526. The number of fused-ring (bicyclic) bond motifs is 1. The predicted octanol–water partition coefficient (Wildman–Crippen LogP) is -0.691. The van der Waals surface area contributed by atoms with Crippen LogP contribution in [0.25, 0.3) is 10.9 Å². The fourth-order valence-electron chi connectivity index (χ4n) is 4.12. The number of ether oxygens (including phenoxy) is 2. The Hall–Kier alpha value is -2.01. The number of hydrogen-bond donors (Lipinski definition) is 5. The molecule has 0 amide bonds. The zero-order chi connectivity index (χ0) is 20.1. The molecule has 1 aromatic carbocycles. The summed E-state index contributed by atoms with van der Waals surface area (Å²) in [5.41, 5.74) is -1.13. The average Bonchev–Trinajstić information content (AvgIpc) is 3.35. The molecule has 0 bridgehead atoms. The number of esters is 1. The van der Waals surface area contributed by atoms with Crippen LogP contribution in [0.15, 0.2) is 24.3 Å². The Balaban J connectivity index is 1.61. The van der Waals surface area contributed by atoms with Gasteiger partial charge < -0.3 is 40.0 Å². The van der Waals surface area contributed by atoms with Crippen molar-refractivity contribution in [2.24, 2.45) is 0 Å². The third kappa shape index (κ3) is 2.74. The summed E-state index contributed by atoms with van der Waals surface area (Å²) in [4.78, 5) is 16.8. The zero-order valence-electron chi connectivity index (χ0n) is 15.0. The van der Waals surface area contributed by atoms with Crippen LogP contribution in [0.2, 0.25) is 0 Å². The lowest BCUT2D eigenvalue weighted by molar-refractivity contribution is -0.313. The van der Waals surface area contributed by atoms with Crippen LogP contribution in [0.5, 0.6) is 5.75 Å². The van der Waals surface area contributed by atoms with Crippen molar-refractivity contribution in [2.75, 3.05) is 0 Å². The lowest BCUT2D eigenvalue weighted by Crippen LogP contribution is -2.60. The molecule has 152 valence electrons. The lowest BCUT2D eigenvalue weighted by atomic mass is 9.86. The molecule has 2 aromatic rings. The molecule has 4 rings (SSSR count). The summed E-state index contributed by atoms with van der Waals surface area (Å²) in [6.07, 6.45) is -3.84. The van der Waals surface area contributed by atoms with E-state index in [1.54, 1.807) is 24.3 Å². The maximum Gasteiger partial charge on any atom is 0.343 e. The van der Waals surface area contributed by atoms with Gasteiger partial charge in [0.25, 0.3) is 0 Å². The van der Waals surface area contributed by atoms with Gasteiger partial charge in [-0.3, -0.25) is 0 Å². The van der Waals surface area contributed by atoms with E-state index >= 15 is 0 Å². The Morgan fingerprint density at radius 3 is 2.57 bits per heavy atom. The molecule has 5 N–H and O–H groups in total. The summed E-state index contributed by atoms with van der Waals surface area (Å²) in [6, 6.07) is 6.79. The average molecular weight is 392 g/mol. The van der Waals surface area contributed by atoms with E-state index < -0.39 is 42.3 Å². The molecule has 1 aliphatic carbocycles. The molecule has 2 heterocycles. The molecule has 1 saturated carbocycles. The fourth-order valence-corrected chi connectivity index (χ4v) is 4.12. The molecule has 1 aliphatic heterocycles. The number of carbonyl (C=O) groups excluding carboxylic acids is 1. The van der Waals surface area contributed by atoms with Gasteiger partial charge in [0.2, 0.25) is 5.79 Å². The van der Waals surface area contributed by atoms with E-state index in [2.05, 4.69) is 4.98 Å². The minimum atomic E-state index is -2.49. The van der Waals surface area contributed by atoms with E-state index in [9.17, 15) is 30.3 Å². The first-order valence-electron chi connectivity index (χ1n) is 9.16. The number of benzene rings is 1. The number of para-hydroxylation sites is 1. The maximum absolute atomic E-state index is 12.7. The van der Waals surface area contributed by atoms with E-state index in [0.717, 1.165) is 0 Å². The summed E-state index contributed by atoms with van der Waals surface area (Å²) >= 11 is 0. The van der Waals surface area contributed by atoms with Crippen molar-refractivity contribution in [1.82, 2.24) is 4.98 Å². The SMILES string of the molecule is O=C(Oc1c(CO)[n-]c2ccccc12)[C@@H]1O[C@@](O)(C2(O)CCCC2)[C@H](O)[C@H]1O. The Labute approximate surface area is 160 Å². The largest absolute Gasteiger partial charge is 0.656 e. The number of nitrogens with zero attached hydrogens (tertiary/aromatic N) is 1. The molecule has 0 radical (unpaired) electrons. The second-order valence-electron chi connectivity index (χ2n) is 7.39. The van der Waals surface area contributed by atoms with Crippen LogP contribution in [-0.4, -0.2) is 61.2 Å². The van der Waals surface area contributed by atoms with Crippen LogP contribution in [0.4, 0.5) is 0 Å². The monoisotopic (exact) mass is 392 g/mol. The quantitative estimate of drug-likeness (QED) is 0.426. The number of aromatic nitrogens is 1. The molecule has 2 fully saturated rings. The zero-order valence-corrected chi connectivity index (χ0v) is 15.0. The van der Waals surface area contributed by atoms with Crippen molar-refractivity contribution in [2.45, 2.75) is 62.0 Å². The van der Waals surface area contributed by atoms with Crippen molar-refractivity contribution in [1.29, 1.82) is 0 Å². The summed E-state index contributed by atoms with van der Waals surface area (Å²) in [6.45, 7) is -0.475. The number of hydrogen-bond acceptors (Lipinski definition) is 8. The van der Waals surface area contributed by atoms with E-state index in [4.69, 9.17) is 9.47 Å².